The van der Waals surface area contributed by atoms with E-state index in [0.29, 0.717) is 24.3 Å². The van der Waals surface area contributed by atoms with Crippen molar-refractivity contribution in [3.8, 4) is 0 Å². The molecule has 0 spiro atoms. The lowest BCUT2D eigenvalue weighted by atomic mass is 10.5. The quantitative estimate of drug-likeness (QED) is 0.242. The minimum absolute atomic E-state index is 0.558. The van der Waals surface area contributed by atoms with Gasteiger partial charge in [-0.15, -0.1) is 10.1 Å². The molecule has 12 heteroatoms. The van der Waals surface area contributed by atoms with Gasteiger partial charge in [0.1, 0.15) is 0 Å². The molecular formula is C8H9NO11. The van der Waals surface area contributed by atoms with Crippen molar-refractivity contribution in [3.05, 3.63) is 34.4 Å². The van der Waals surface area contributed by atoms with Crippen molar-refractivity contribution in [3.63, 3.8) is 0 Å². The number of nitrogens with zero attached hydrogens (tertiary/aromatic N) is 1. The molecule has 5 N–H and O–H groups in total. The van der Waals surface area contributed by atoms with E-state index in [0.717, 1.165) is 0 Å². The van der Waals surface area contributed by atoms with Crippen LogP contribution in [0.25, 0.3) is 0 Å². The van der Waals surface area contributed by atoms with Gasteiger partial charge in [0.2, 0.25) is 0 Å². The maximum absolute atomic E-state index is 9.55. The van der Waals surface area contributed by atoms with Crippen molar-refractivity contribution < 1.29 is 49.9 Å². The van der Waals surface area contributed by atoms with E-state index in [1.54, 1.807) is 0 Å². The molecule has 0 bridgehead atoms. The van der Waals surface area contributed by atoms with Crippen LogP contribution in [0.5, 0.6) is 0 Å². The van der Waals surface area contributed by atoms with Gasteiger partial charge in [-0.05, 0) is 0 Å². The van der Waals surface area contributed by atoms with E-state index in [-0.39, 0.29) is 0 Å². The highest BCUT2D eigenvalue weighted by Crippen LogP contribution is 1.71. The van der Waals surface area contributed by atoms with Gasteiger partial charge >= 0.3 is 23.9 Å². The minimum atomic E-state index is -1.50. The summed E-state index contributed by atoms with van der Waals surface area (Å²) >= 11 is 0. The Kier molecular flexibility index (Phi) is 14.9. The average Bonchev–Trinajstić information content (AvgIpc) is 2.23. The smallest absolute Gasteiger partial charge is 0.328 e. The molecule has 0 fully saturated rings. The van der Waals surface area contributed by atoms with E-state index < -0.39 is 29.0 Å². The number of hydrogen-bond donors (Lipinski definition) is 5. The van der Waals surface area contributed by atoms with Crippen molar-refractivity contribution in [1.29, 1.82) is 0 Å². The van der Waals surface area contributed by atoms with Crippen molar-refractivity contribution in [2.75, 3.05) is 0 Å². The van der Waals surface area contributed by atoms with E-state index >= 15 is 0 Å². The zero-order chi connectivity index (χ0) is 16.7. The molecule has 0 saturated carbocycles. The van der Waals surface area contributed by atoms with E-state index in [2.05, 4.69) is 0 Å². The highest BCUT2D eigenvalue weighted by Gasteiger charge is 1.88. The fourth-order valence-electron chi connectivity index (χ4n) is 0.285. The van der Waals surface area contributed by atoms with E-state index in [1.807, 2.05) is 0 Å². The number of aliphatic carboxylic acids is 4. The topological polar surface area (TPSA) is 213 Å². The number of carbonyl (C=O) groups is 4. The SMILES string of the molecule is O=C(O)/C=C\C(=O)O.O=C(O)/C=C\C(=O)O.O=[N+]([O-])O. The van der Waals surface area contributed by atoms with E-state index in [1.165, 1.54) is 0 Å². The normalized spacial score (nSPS) is 8.80. The van der Waals surface area contributed by atoms with Crippen LogP contribution in [0, 0.1) is 10.1 Å². The Morgan fingerprint density at radius 1 is 0.700 bits per heavy atom. The molecule has 0 atom stereocenters. The molecule has 0 unspecified atom stereocenters. The minimum Gasteiger partial charge on any atom is -0.478 e. The molecule has 0 saturated heterocycles. The molecule has 0 aliphatic heterocycles. The summed E-state index contributed by atoms with van der Waals surface area (Å²) in [6.45, 7) is 0. The summed E-state index contributed by atoms with van der Waals surface area (Å²) in [6.07, 6.45) is 2.23. The summed E-state index contributed by atoms with van der Waals surface area (Å²) in [6, 6.07) is 0. The second-order valence-electron chi connectivity index (χ2n) is 2.26. The number of hydrogen-bond acceptors (Lipinski definition) is 6. The van der Waals surface area contributed by atoms with Gasteiger partial charge < -0.3 is 25.6 Å². The van der Waals surface area contributed by atoms with Crippen LogP contribution in [0.2, 0.25) is 0 Å². The van der Waals surface area contributed by atoms with Crippen LogP contribution >= 0.6 is 0 Å². The molecule has 0 aliphatic rings. The largest absolute Gasteiger partial charge is 0.478 e. The molecule has 0 aromatic carbocycles. The first-order valence-electron chi connectivity index (χ1n) is 4.10. The number of carboxylic acid groups (broad SMARTS) is 4. The summed E-state index contributed by atoms with van der Waals surface area (Å²) in [5.41, 5.74) is 0. The number of rotatable bonds is 4. The van der Waals surface area contributed by atoms with Crippen LogP contribution in [0.15, 0.2) is 24.3 Å². The first kappa shape index (κ1) is 21.8. The summed E-state index contributed by atoms with van der Waals surface area (Å²) in [7, 11) is 0. The van der Waals surface area contributed by atoms with Crippen LogP contribution in [0.1, 0.15) is 0 Å². The van der Waals surface area contributed by atoms with Gasteiger partial charge in [-0.25, -0.2) is 19.2 Å². The Morgan fingerprint density at radius 3 is 0.850 bits per heavy atom. The number of carboxylic acids is 4. The van der Waals surface area contributed by atoms with Crippen molar-refractivity contribution in [2.24, 2.45) is 0 Å². The van der Waals surface area contributed by atoms with Crippen LogP contribution in [-0.2, 0) is 19.2 Å². The summed E-state index contributed by atoms with van der Waals surface area (Å²) in [5, 5.41) is 44.9. The lowest BCUT2D eigenvalue weighted by Gasteiger charge is -1.74. The zero-order valence-corrected chi connectivity index (χ0v) is 9.44. The van der Waals surface area contributed by atoms with Gasteiger partial charge in [-0.1, -0.05) is 0 Å². The molecule has 112 valence electrons. The highest BCUT2D eigenvalue weighted by molar-refractivity contribution is 5.90. The lowest BCUT2D eigenvalue weighted by Crippen LogP contribution is -1.91. The molecule has 0 heterocycles. The van der Waals surface area contributed by atoms with Crippen molar-refractivity contribution in [2.45, 2.75) is 0 Å². The van der Waals surface area contributed by atoms with Crippen LogP contribution in [0.4, 0.5) is 0 Å². The van der Waals surface area contributed by atoms with Gasteiger partial charge in [-0.2, -0.15) is 0 Å². The predicted octanol–water partition coefficient (Wildman–Crippen LogP) is -0.924. The van der Waals surface area contributed by atoms with Crippen LogP contribution < -0.4 is 0 Å². The van der Waals surface area contributed by atoms with Crippen LogP contribution in [-0.4, -0.2) is 54.6 Å². The van der Waals surface area contributed by atoms with E-state index in [9.17, 15) is 19.2 Å². The fourth-order valence-corrected chi connectivity index (χ4v) is 0.285. The van der Waals surface area contributed by atoms with Gasteiger partial charge in [0.15, 0.2) is 0 Å². The monoisotopic (exact) mass is 295 g/mol. The Hall–Kier alpha value is -3.44. The first-order chi connectivity index (χ1) is 8.98. The summed E-state index contributed by atoms with van der Waals surface area (Å²) in [4.78, 5) is 46.6. The van der Waals surface area contributed by atoms with Gasteiger partial charge in [0.05, 0.1) is 0 Å². The molecular weight excluding hydrogens is 286 g/mol. The lowest BCUT2D eigenvalue weighted by molar-refractivity contribution is -0.742. The second-order valence-corrected chi connectivity index (χ2v) is 2.26. The average molecular weight is 295 g/mol. The second kappa shape index (κ2) is 13.6. The molecule has 0 rings (SSSR count). The maximum Gasteiger partial charge on any atom is 0.328 e. The Morgan fingerprint density at radius 2 is 0.800 bits per heavy atom. The van der Waals surface area contributed by atoms with Crippen molar-refractivity contribution >= 4 is 23.9 Å². The Balaban J connectivity index is -0.000000230. The molecule has 12 nitrogen and oxygen atoms in total. The molecule has 0 amide bonds. The molecule has 20 heavy (non-hydrogen) atoms. The summed E-state index contributed by atoms with van der Waals surface area (Å²) < 4.78 is 0. The highest BCUT2D eigenvalue weighted by atomic mass is 16.9. The Labute approximate surface area is 109 Å². The summed E-state index contributed by atoms with van der Waals surface area (Å²) in [5.74, 6) is -5.03. The third-order valence-corrected chi connectivity index (χ3v) is 0.737. The van der Waals surface area contributed by atoms with Gasteiger partial charge in [0, 0.05) is 24.3 Å². The predicted molar refractivity (Wildman–Crippen MR) is 57.6 cm³/mol. The molecule has 0 radical (unpaired) electrons. The first-order valence-corrected chi connectivity index (χ1v) is 4.10. The fraction of sp³-hybridized carbons (Fsp3) is 0. The third-order valence-electron chi connectivity index (χ3n) is 0.737. The van der Waals surface area contributed by atoms with Gasteiger partial charge in [-0.3, -0.25) is 0 Å². The molecule has 0 aromatic rings. The van der Waals surface area contributed by atoms with Gasteiger partial charge in [0.25, 0.3) is 5.09 Å². The third kappa shape index (κ3) is 62.2. The molecule has 0 aromatic heterocycles. The van der Waals surface area contributed by atoms with E-state index in [4.69, 9.17) is 35.7 Å². The zero-order valence-electron chi connectivity index (χ0n) is 9.44. The standard InChI is InChI=1S/2C4H4O4.HNO3/c2*5-3(6)1-2-4(7)8;2-1(3)4/h2*1-2H,(H,5,6)(H,7,8);(H,2,3,4)/b2*2-1-;. The maximum atomic E-state index is 9.55. The molecule has 0 aliphatic carbocycles. The Bertz CT molecular complexity index is 352. The van der Waals surface area contributed by atoms with Crippen molar-refractivity contribution in [1.82, 2.24) is 0 Å². The van der Waals surface area contributed by atoms with Crippen LogP contribution in [0.3, 0.4) is 0 Å².